The quantitative estimate of drug-likeness (QED) is 0.508. The maximum absolute atomic E-state index is 11.5. The van der Waals surface area contributed by atoms with E-state index >= 15 is 0 Å². The number of allylic oxidation sites excluding steroid dienone is 6. The smallest absolute Gasteiger partial charge is 0.248 e. The van der Waals surface area contributed by atoms with E-state index in [0.29, 0.717) is 0 Å². The Morgan fingerprint density at radius 1 is 1.11 bits per heavy atom. The van der Waals surface area contributed by atoms with Gasteiger partial charge >= 0.3 is 0 Å². The van der Waals surface area contributed by atoms with Crippen LogP contribution in [0.25, 0.3) is 17.2 Å². The van der Waals surface area contributed by atoms with Gasteiger partial charge in [-0.05, 0) is 60.2 Å². The average Bonchev–Trinajstić information content (AvgIpc) is 2.70. The molecule has 2 nitrogen and oxygen atoms in total. The number of benzene rings is 1. The third-order valence-corrected chi connectivity index (χ3v) is 4.25. The molecule has 2 heteroatoms. The molecule has 1 heterocycles. The maximum atomic E-state index is 11.5. The highest BCUT2D eigenvalue weighted by atomic mass is 16.1. The first-order valence-electron chi connectivity index (χ1n) is 9.96. The van der Waals surface area contributed by atoms with Crippen LogP contribution in [0, 0.1) is 6.92 Å². The molecule has 2 aromatic rings. The Morgan fingerprint density at radius 3 is 2.43 bits per heavy atom. The highest BCUT2D eigenvalue weighted by Crippen LogP contribution is 2.22. The molecule has 28 heavy (non-hydrogen) atoms. The predicted molar refractivity (Wildman–Crippen MR) is 125 cm³/mol. The molecule has 0 bridgehead atoms. The summed E-state index contributed by atoms with van der Waals surface area (Å²) in [5.74, 6) is 0. The summed E-state index contributed by atoms with van der Waals surface area (Å²) in [7, 11) is 0. The minimum absolute atomic E-state index is 0.0873. The van der Waals surface area contributed by atoms with Gasteiger partial charge in [-0.1, -0.05) is 81.9 Å². The molecule has 0 radical (unpaired) electrons. The molecule has 0 saturated heterocycles. The minimum atomic E-state index is -0.0873. The van der Waals surface area contributed by atoms with E-state index in [9.17, 15) is 4.79 Å². The Hall–Kier alpha value is -2.87. The van der Waals surface area contributed by atoms with Crippen molar-refractivity contribution >= 4 is 6.08 Å². The van der Waals surface area contributed by atoms with E-state index < -0.39 is 0 Å². The van der Waals surface area contributed by atoms with Crippen LogP contribution in [0.5, 0.6) is 0 Å². The lowest BCUT2D eigenvalue weighted by atomic mass is 9.99. The summed E-state index contributed by atoms with van der Waals surface area (Å²) in [6, 6.07) is 9.78. The SMILES string of the molecule is C=C/C=C(\C=C/C)C/C=C\c1cc(-c2cc[nH]c(=O)c2)ccc1C.CCCC. The normalized spacial score (nSPS) is 11.5. The van der Waals surface area contributed by atoms with Crippen LogP contribution in [0.3, 0.4) is 0 Å². The largest absolute Gasteiger partial charge is 0.329 e. The average molecular weight is 376 g/mol. The molecule has 0 atom stereocenters. The number of hydrogen-bond donors (Lipinski definition) is 1. The lowest BCUT2D eigenvalue weighted by Crippen LogP contribution is -2.02. The fourth-order valence-corrected chi connectivity index (χ4v) is 2.50. The van der Waals surface area contributed by atoms with Crippen LogP contribution >= 0.6 is 0 Å². The summed E-state index contributed by atoms with van der Waals surface area (Å²) in [4.78, 5) is 14.1. The van der Waals surface area contributed by atoms with E-state index in [0.717, 1.165) is 23.1 Å². The molecular weight excluding hydrogens is 342 g/mol. The molecule has 0 spiro atoms. The van der Waals surface area contributed by atoms with Crippen LogP contribution in [0.4, 0.5) is 0 Å². The monoisotopic (exact) mass is 375 g/mol. The van der Waals surface area contributed by atoms with Gasteiger partial charge in [0.15, 0.2) is 0 Å². The van der Waals surface area contributed by atoms with E-state index in [1.807, 2.05) is 37.3 Å². The van der Waals surface area contributed by atoms with Crippen molar-refractivity contribution < 1.29 is 0 Å². The van der Waals surface area contributed by atoms with Crippen molar-refractivity contribution in [1.29, 1.82) is 0 Å². The number of nitrogens with one attached hydrogen (secondary N) is 1. The Bertz CT molecular complexity index is 879. The van der Waals surface area contributed by atoms with Gasteiger partial charge in [0.1, 0.15) is 0 Å². The zero-order chi connectivity index (χ0) is 20.8. The van der Waals surface area contributed by atoms with E-state index in [1.54, 1.807) is 12.3 Å². The Morgan fingerprint density at radius 2 is 1.82 bits per heavy atom. The molecule has 1 aromatic heterocycles. The third-order valence-electron chi connectivity index (χ3n) is 4.25. The molecule has 2 rings (SSSR count). The fourth-order valence-electron chi connectivity index (χ4n) is 2.50. The van der Waals surface area contributed by atoms with Gasteiger partial charge < -0.3 is 4.98 Å². The number of pyridine rings is 1. The summed E-state index contributed by atoms with van der Waals surface area (Å²) in [6.07, 6.45) is 17.4. The second kappa shape index (κ2) is 13.3. The van der Waals surface area contributed by atoms with E-state index in [2.05, 4.69) is 62.7 Å². The van der Waals surface area contributed by atoms with Crippen LogP contribution in [-0.4, -0.2) is 4.98 Å². The minimum Gasteiger partial charge on any atom is -0.329 e. The maximum Gasteiger partial charge on any atom is 0.248 e. The first-order chi connectivity index (χ1) is 13.5. The summed E-state index contributed by atoms with van der Waals surface area (Å²) in [5, 5.41) is 0. The molecule has 0 saturated carbocycles. The fraction of sp³-hybridized carbons (Fsp3) is 0.269. The van der Waals surface area contributed by atoms with Gasteiger partial charge in [0.2, 0.25) is 5.56 Å². The first-order valence-corrected chi connectivity index (χ1v) is 9.96. The van der Waals surface area contributed by atoms with Crippen molar-refractivity contribution in [2.45, 2.75) is 47.0 Å². The molecule has 0 aliphatic carbocycles. The summed E-state index contributed by atoms with van der Waals surface area (Å²) >= 11 is 0. The highest BCUT2D eigenvalue weighted by Gasteiger charge is 2.01. The van der Waals surface area contributed by atoms with Gasteiger partial charge in [0, 0.05) is 12.3 Å². The zero-order valence-corrected chi connectivity index (χ0v) is 17.7. The van der Waals surface area contributed by atoms with Crippen molar-refractivity contribution in [1.82, 2.24) is 4.98 Å². The molecular formula is C26H33NO. The van der Waals surface area contributed by atoms with Crippen molar-refractivity contribution in [3.63, 3.8) is 0 Å². The Labute approximate surface area is 170 Å². The van der Waals surface area contributed by atoms with Crippen LogP contribution < -0.4 is 5.56 Å². The lowest BCUT2D eigenvalue weighted by molar-refractivity contribution is 0.886. The van der Waals surface area contributed by atoms with Crippen molar-refractivity contribution in [3.8, 4) is 11.1 Å². The van der Waals surface area contributed by atoms with Gasteiger partial charge in [-0.2, -0.15) is 0 Å². The Kier molecular flexibility index (Phi) is 11.0. The number of hydrogen-bond acceptors (Lipinski definition) is 1. The molecule has 0 amide bonds. The van der Waals surface area contributed by atoms with Gasteiger partial charge in [-0.15, -0.1) is 0 Å². The van der Waals surface area contributed by atoms with E-state index in [-0.39, 0.29) is 5.56 Å². The van der Waals surface area contributed by atoms with Crippen LogP contribution in [0.1, 0.15) is 51.2 Å². The number of unbranched alkanes of at least 4 members (excludes halogenated alkanes) is 1. The number of H-pyrrole nitrogens is 1. The Balaban J connectivity index is 0.000000892. The van der Waals surface area contributed by atoms with Crippen LogP contribution in [0.15, 0.2) is 83.9 Å². The molecule has 0 unspecified atom stereocenters. The topological polar surface area (TPSA) is 32.9 Å². The summed E-state index contributed by atoms with van der Waals surface area (Å²) in [5.41, 5.74) is 5.46. The summed E-state index contributed by atoms with van der Waals surface area (Å²) < 4.78 is 0. The number of aryl methyl sites for hydroxylation is 1. The first kappa shape index (κ1) is 23.2. The van der Waals surface area contributed by atoms with Crippen molar-refractivity contribution in [2.75, 3.05) is 0 Å². The second-order valence-corrected chi connectivity index (χ2v) is 6.60. The number of aromatic amines is 1. The molecule has 0 aliphatic heterocycles. The standard InChI is InChI=1S/C22H23NO.C4H10/c1-4-7-18(8-5-2)9-6-10-19-15-20(12-11-17(19)3)21-13-14-23-22(24)16-21;1-3-4-2/h4-8,10-16H,1,9H2,2-3H3,(H,23,24);3-4H2,1-2H3/b8-5-,10-6-,18-7+;. The van der Waals surface area contributed by atoms with Crippen LogP contribution in [0.2, 0.25) is 0 Å². The zero-order valence-electron chi connectivity index (χ0n) is 17.7. The lowest BCUT2D eigenvalue weighted by Gasteiger charge is -2.06. The molecule has 0 aliphatic rings. The van der Waals surface area contributed by atoms with Crippen molar-refractivity contribution in [3.05, 3.63) is 101 Å². The third kappa shape index (κ3) is 8.22. The van der Waals surface area contributed by atoms with E-state index in [4.69, 9.17) is 0 Å². The molecule has 1 N–H and O–H groups in total. The van der Waals surface area contributed by atoms with Gasteiger partial charge in [-0.3, -0.25) is 4.79 Å². The van der Waals surface area contributed by atoms with Crippen LogP contribution in [-0.2, 0) is 0 Å². The predicted octanol–water partition coefficient (Wildman–Crippen LogP) is 7.25. The van der Waals surface area contributed by atoms with Gasteiger partial charge in [0.25, 0.3) is 0 Å². The van der Waals surface area contributed by atoms with Gasteiger partial charge in [0.05, 0.1) is 0 Å². The number of rotatable bonds is 7. The number of aromatic nitrogens is 1. The highest BCUT2D eigenvalue weighted by molar-refractivity contribution is 5.68. The molecule has 0 fully saturated rings. The second-order valence-electron chi connectivity index (χ2n) is 6.60. The van der Waals surface area contributed by atoms with Gasteiger partial charge in [-0.25, -0.2) is 0 Å². The summed E-state index contributed by atoms with van der Waals surface area (Å²) in [6.45, 7) is 12.2. The molecule has 1 aromatic carbocycles. The van der Waals surface area contributed by atoms with Crippen molar-refractivity contribution in [2.24, 2.45) is 0 Å². The molecule has 148 valence electrons. The van der Waals surface area contributed by atoms with E-state index in [1.165, 1.54) is 24.0 Å².